The predicted molar refractivity (Wildman–Crippen MR) is 151 cm³/mol. The highest BCUT2D eigenvalue weighted by molar-refractivity contribution is 5.97. The van der Waals surface area contributed by atoms with Crippen LogP contribution in [0.1, 0.15) is 54.7 Å². The molecular weight excluding hydrogens is 480 g/mol. The van der Waals surface area contributed by atoms with Crippen LogP contribution in [0, 0.1) is 11.8 Å². The second-order valence-corrected chi connectivity index (χ2v) is 9.31. The average Bonchev–Trinajstić information content (AvgIpc) is 2.95. The van der Waals surface area contributed by atoms with E-state index in [1.807, 2.05) is 37.3 Å². The Morgan fingerprint density at radius 3 is 2.42 bits per heavy atom. The first-order valence-corrected chi connectivity index (χ1v) is 13.2. The SMILES string of the molecule is CC#CC(=O)NCCCc1ccc(N2CCN(CC)CC2)cc1C(=O)N[C@H](C)c1ccc(OC)c(OC)c1. The number of amides is 2. The van der Waals surface area contributed by atoms with Crippen LogP contribution in [0.3, 0.4) is 0 Å². The number of nitrogens with one attached hydrogen (secondary N) is 2. The number of hydrogen-bond donors (Lipinski definition) is 2. The molecule has 0 aliphatic carbocycles. The molecule has 2 aromatic carbocycles. The first-order valence-electron chi connectivity index (χ1n) is 13.2. The van der Waals surface area contributed by atoms with Crippen LogP contribution < -0.4 is 25.0 Å². The maximum atomic E-state index is 13.6. The van der Waals surface area contributed by atoms with Crippen molar-refractivity contribution in [3.05, 3.63) is 53.1 Å². The number of piperazine rings is 1. The number of benzene rings is 2. The molecule has 8 nitrogen and oxygen atoms in total. The van der Waals surface area contributed by atoms with Gasteiger partial charge < -0.3 is 29.9 Å². The zero-order valence-electron chi connectivity index (χ0n) is 23.2. The summed E-state index contributed by atoms with van der Waals surface area (Å²) in [5, 5.41) is 5.96. The van der Waals surface area contributed by atoms with Crippen LogP contribution in [-0.2, 0) is 11.2 Å². The Kier molecular flexibility index (Phi) is 10.9. The van der Waals surface area contributed by atoms with Gasteiger partial charge in [0.25, 0.3) is 11.8 Å². The van der Waals surface area contributed by atoms with E-state index in [2.05, 4.69) is 45.3 Å². The second-order valence-electron chi connectivity index (χ2n) is 9.31. The third-order valence-corrected chi connectivity index (χ3v) is 6.92. The summed E-state index contributed by atoms with van der Waals surface area (Å²) in [5.41, 5.74) is 3.59. The molecule has 1 aliphatic rings. The Morgan fingerprint density at radius 1 is 1.03 bits per heavy atom. The average molecular weight is 521 g/mol. The van der Waals surface area contributed by atoms with Gasteiger partial charge in [0.1, 0.15) is 0 Å². The fourth-order valence-electron chi connectivity index (χ4n) is 4.63. The number of aryl methyl sites for hydroxylation is 1. The highest BCUT2D eigenvalue weighted by Gasteiger charge is 2.21. The van der Waals surface area contributed by atoms with Gasteiger partial charge in [-0.3, -0.25) is 9.59 Å². The first-order chi connectivity index (χ1) is 18.4. The van der Waals surface area contributed by atoms with Crippen molar-refractivity contribution >= 4 is 17.5 Å². The van der Waals surface area contributed by atoms with Crippen molar-refractivity contribution in [2.45, 2.75) is 39.7 Å². The van der Waals surface area contributed by atoms with E-state index in [0.717, 1.165) is 49.5 Å². The lowest BCUT2D eigenvalue weighted by Crippen LogP contribution is -2.46. The lowest BCUT2D eigenvalue weighted by atomic mass is 9.99. The van der Waals surface area contributed by atoms with Gasteiger partial charge in [-0.25, -0.2) is 0 Å². The third-order valence-electron chi connectivity index (χ3n) is 6.92. The molecule has 2 amide bonds. The maximum absolute atomic E-state index is 13.6. The molecule has 8 heteroatoms. The number of rotatable bonds is 11. The lowest BCUT2D eigenvalue weighted by Gasteiger charge is -2.35. The Labute approximate surface area is 226 Å². The number of anilines is 1. The van der Waals surface area contributed by atoms with E-state index in [-0.39, 0.29) is 17.9 Å². The monoisotopic (exact) mass is 520 g/mol. The van der Waals surface area contributed by atoms with Crippen molar-refractivity contribution in [3.63, 3.8) is 0 Å². The summed E-state index contributed by atoms with van der Waals surface area (Å²) >= 11 is 0. The van der Waals surface area contributed by atoms with E-state index in [1.54, 1.807) is 21.1 Å². The summed E-state index contributed by atoms with van der Waals surface area (Å²) in [4.78, 5) is 30.0. The van der Waals surface area contributed by atoms with Crippen LogP contribution in [0.4, 0.5) is 5.69 Å². The van der Waals surface area contributed by atoms with Gasteiger partial charge in [0.05, 0.1) is 20.3 Å². The van der Waals surface area contributed by atoms with E-state index < -0.39 is 0 Å². The van der Waals surface area contributed by atoms with Gasteiger partial charge in [0.2, 0.25) is 0 Å². The molecule has 2 aromatic rings. The molecule has 38 heavy (non-hydrogen) atoms. The Balaban J connectivity index is 1.78. The number of methoxy groups -OCH3 is 2. The van der Waals surface area contributed by atoms with Crippen molar-refractivity contribution in [3.8, 4) is 23.3 Å². The highest BCUT2D eigenvalue weighted by Crippen LogP contribution is 2.30. The molecule has 1 fully saturated rings. The lowest BCUT2D eigenvalue weighted by molar-refractivity contribution is -0.115. The Bertz CT molecular complexity index is 1160. The number of ether oxygens (including phenoxy) is 2. The maximum Gasteiger partial charge on any atom is 0.295 e. The quantitative estimate of drug-likeness (QED) is 0.349. The third kappa shape index (κ3) is 7.65. The van der Waals surface area contributed by atoms with Gasteiger partial charge in [0.15, 0.2) is 11.5 Å². The molecular formula is C30H40N4O4. The molecule has 3 rings (SSSR count). The summed E-state index contributed by atoms with van der Waals surface area (Å²) in [6.07, 6.45) is 1.37. The van der Waals surface area contributed by atoms with Crippen molar-refractivity contribution in [1.29, 1.82) is 0 Å². The zero-order chi connectivity index (χ0) is 27.5. The molecule has 2 N–H and O–H groups in total. The molecule has 0 bridgehead atoms. The van der Waals surface area contributed by atoms with Crippen LogP contribution >= 0.6 is 0 Å². The summed E-state index contributed by atoms with van der Waals surface area (Å²) < 4.78 is 10.8. The molecule has 1 atom stereocenters. The minimum atomic E-state index is -0.282. The normalized spacial score (nSPS) is 14.2. The van der Waals surface area contributed by atoms with Crippen LogP contribution in [0.25, 0.3) is 0 Å². The van der Waals surface area contributed by atoms with Gasteiger partial charge in [-0.15, -0.1) is 0 Å². The minimum Gasteiger partial charge on any atom is -0.493 e. The molecule has 0 unspecified atom stereocenters. The van der Waals surface area contributed by atoms with Crippen LogP contribution in [0.5, 0.6) is 11.5 Å². The minimum absolute atomic E-state index is 0.128. The zero-order valence-corrected chi connectivity index (χ0v) is 23.2. The largest absolute Gasteiger partial charge is 0.493 e. The molecule has 0 saturated carbocycles. The second kappa shape index (κ2) is 14.3. The van der Waals surface area contributed by atoms with Gasteiger partial charge in [-0.2, -0.15) is 0 Å². The molecule has 0 aromatic heterocycles. The van der Waals surface area contributed by atoms with Crippen molar-refractivity contribution in [1.82, 2.24) is 15.5 Å². The van der Waals surface area contributed by atoms with Crippen molar-refractivity contribution in [2.75, 3.05) is 58.4 Å². The van der Waals surface area contributed by atoms with E-state index >= 15 is 0 Å². The van der Waals surface area contributed by atoms with Gasteiger partial charge in [-0.05, 0) is 74.5 Å². The summed E-state index contributed by atoms with van der Waals surface area (Å²) in [7, 11) is 3.20. The molecule has 204 valence electrons. The summed E-state index contributed by atoms with van der Waals surface area (Å²) in [6.45, 7) is 11.2. The predicted octanol–water partition coefficient (Wildman–Crippen LogP) is 3.41. The number of likely N-dealkylation sites (N-methyl/N-ethyl adjacent to an activating group) is 1. The number of carbonyl (C=O) groups excluding carboxylic acids is 2. The molecule has 0 spiro atoms. The highest BCUT2D eigenvalue weighted by atomic mass is 16.5. The van der Waals surface area contributed by atoms with Crippen LogP contribution in [0.2, 0.25) is 0 Å². The van der Waals surface area contributed by atoms with E-state index in [4.69, 9.17) is 9.47 Å². The van der Waals surface area contributed by atoms with Gasteiger partial charge >= 0.3 is 0 Å². The number of carbonyl (C=O) groups is 2. The van der Waals surface area contributed by atoms with Crippen molar-refractivity contribution < 1.29 is 19.1 Å². The first kappa shape index (κ1) is 28.9. The summed E-state index contributed by atoms with van der Waals surface area (Å²) in [5.74, 6) is 5.94. The Hall–Kier alpha value is -3.70. The number of hydrogen-bond acceptors (Lipinski definition) is 6. The standard InChI is InChI=1S/C30H40N4O4/c1-6-9-29(35)31-15-8-10-23-11-13-25(34-18-16-33(7-2)17-19-34)21-26(23)30(36)32-22(3)24-12-14-27(37-4)28(20-24)38-5/h11-14,20-22H,7-8,10,15-19H2,1-5H3,(H,31,35)(H,32,36)/t22-/m1/s1. The van der Waals surface area contributed by atoms with E-state index in [1.165, 1.54) is 0 Å². The van der Waals surface area contributed by atoms with Gasteiger partial charge in [0, 0.05) is 44.0 Å². The van der Waals surface area contributed by atoms with E-state index in [9.17, 15) is 9.59 Å². The fraction of sp³-hybridized carbons (Fsp3) is 0.467. The molecule has 0 radical (unpaired) electrons. The van der Waals surface area contributed by atoms with Crippen molar-refractivity contribution in [2.24, 2.45) is 0 Å². The van der Waals surface area contributed by atoms with Crippen LogP contribution in [-0.4, -0.2) is 70.2 Å². The molecule has 1 aliphatic heterocycles. The summed E-state index contributed by atoms with van der Waals surface area (Å²) in [6, 6.07) is 11.6. The molecule has 1 saturated heterocycles. The van der Waals surface area contributed by atoms with Crippen LogP contribution in [0.15, 0.2) is 36.4 Å². The fourth-order valence-corrected chi connectivity index (χ4v) is 4.63. The molecule has 1 heterocycles. The number of nitrogens with zero attached hydrogens (tertiary/aromatic N) is 2. The Morgan fingerprint density at radius 2 is 1.76 bits per heavy atom. The smallest absolute Gasteiger partial charge is 0.295 e. The topological polar surface area (TPSA) is 83.1 Å². The van der Waals surface area contributed by atoms with Gasteiger partial charge in [-0.1, -0.05) is 25.0 Å². The van der Waals surface area contributed by atoms with E-state index in [0.29, 0.717) is 36.4 Å².